The van der Waals surface area contributed by atoms with Gasteiger partial charge in [-0.2, -0.15) is 0 Å². The first-order valence-corrected chi connectivity index (χ1v) is 15.8. The van der Waals surface area contributed by atoms with E-state index in [4.69, 9.17) is 9.47 Å². The summed E-state index contributed by atoms with van der Waals surface area (Å²) in [6.45, 7) is 3.59. The summed E-state index contributed by atoms with van der Waals surface area (Å²) in [5, 5.41) is 2.84. The number of para-hydroxylation sites is 1. The van der Waals surface area contributed by atoms with Crippen molar-refractivity contribution in [2.75, 3.05) is 24.5 Å². The van der Waals surface area contributed by atoms with Gasteiger partial charge in [0.1, 0.15) is 29.8 Å². The van der Waals surface area contributed by atoms with Crippen LogP contribution in [-0.2, 0) is 26.2 Å². The number of carbonyl (C=O) groups excluding carboxylic acids is 2. The van der Waals surface area contributed by atoms with Crippen LogP contribution in [0.15, 0.2) is 114 Å². The van der Waals surface area contributed by atoms with Gasteiger partial charge in [-0.05, 0) is 79.6 Å². The fourth-order valence-electron chi connectivity index (χ4n) is 4.46. The highest BCUT2D eigenvalue weighted by atomic mass is 32.2. The number of hydrogen-bond acceptors (Lipinski definition) is 6. The van der Waals surface area contributed by atoms with Crippen LogP contribution in [0.3, 0.4) is 0 Å². The third kappa shape index (κ3) is 8.17. The molecule has 0 aromatic heterocycles. The van der Waals surface area contributed by atoms with Crippen molar-refractivity contribution in [1.29, 1.82) is 0 Å². The predicted octanol–water partition coefficient (Wildman–Crippen LogP) is 5.63. The van der Waals surface area contributed by atoms with Crippen LogP contribution < -0.4 is 19.1 Å². The van der Waals surface area contributed by atoms with E-state index in [-0.39, 0.29) is 23.0 Å². The first-order chi connectivity index (χ1) is 21.2. The molecule has 0 saturated carbocycles. The highest BCUT2D eigenvalue weighted by molar-refractivity contribution is 7.92. The Labute approximate surface area is 259 Å². The number of benzene rings is 4. The van der Waals surface area contributed by atoms with Gasteiger partial charge < -0.3 is 19.7 Å². The number of rotatable bonds is 14. The minimum atomic E-state index is -4.17. The van der Waals surface area contributed by atoms with Crippen molar-refractivity contribution in [3.05, 3.63) is 115 Å². The van der Waals surface area contributed by atoms with E-state index in [1.807, 2.05) is 37.3 Å². The minimum Gasteiger partial charge on any atom is -0.497 e. The maximum atomic E-state index is 14.1. The van der Waals surface area contributed by atoms with Gasteiger partial charge in [0.15, 0.2) is 0 Å². The van der Waals surface area contributed by atoms with Gasteiger partial charge in [0, 0.05) is 13.1 Å². The van der Waals surface area contributed by atoms with Crippen molar-refractivity contribution in [3.8, 4) is 17.2 Å². The molecule has 2 amide bonds. The molecule has 1 N–H and O–H groups in total. The zero-order valence-electron chi connectivity index (χ0n) is 25.1. The molecule has 230 valence electrons. The Morgan fingerprint density at radius 3 is 1.95 bits per heavy atom. The molecular formula is C34H37N3O6S. The Morgan fingerprint density at radius 2 is 1.36 bits per heavy atom. The van der Waals surface area contributed by atoms with Crippen LogP contribution >= 0.6 is 0 Å². The number of anilines is 1. The Bertz CT molecular complexity index is 1610. The normalized spacial score (nSPS) is 11.7. The molecule has 4 rings (SSSR count). The molecule has 0 bridgehead atoms. The molecule has 0 fully saturated rings. The number of amides is 2. The van der Waals surface area contributed by atoms with Crippen LogP contribution in [0.25, 0.3) is 0 Å². The second kappa shape index (κ2) is 15.1. The summed E-state index contributed by atoms with van der Waals surface area (Å²) in [4.78, 5) is 28.5. The quantitative estimate of drug-likeness (QED) is 0.197. The van der Waals surface area contributed by atoms with Crippen molar-refractivity contribution < 1.29 is 27.5 Å². The summed E-state index contributed by atoms with van der Waals surface area (Å²) in [5.41, 5.74) is 1.03. The van der Waals surface area contributed by atoms with Crippen molar-refractivity contribution >= 4 is 27.5 Å². The molecule has 9 nitrogen and oxygen atoms in total. The van der Waals surface area contributed by atoms with Gasteiger partial charge in [0.05, 0.1) is 17.7 Å². The van der Waals surface area contributed by atoms with Gasteiger partial charge in [0.25, 0.3) is 10.0 Å². The lowest BCUT2D eigenvalue weighted by Crippen LogP contribution is -2.51. The SMILES string of the molecule is CCCNC(=O)C(C)N(Cc1ccc(OC)cc1)C(=O)CN(c1ccc(Oc2ccccc2)cc1)S(=O)(=O)c1ccccc1. The highest BCUT2D eigenvalue weighted by Crippen LogP contribution is 2.28. The number of nitrogens with one attached hydrogen (secondary N) is 1. The lowest BCUT2D eigenvalue weighted by Gasteiger charge is -2.32. The van der Waals surface area contributed by atoms with Gasteiger partial charge >= 0.3 is 0 Å². The van der Waals surface area contributed by atoms with Crippen LogP contribution in [0.4, 0.5) is 5.69 Å². The van der Waals surface area contributed by atoms with E-state index in [1.165, 1.54) is 17.0 Å². The molecule has 0 spiro atoms. The maximum absolute atomic E-state index is 14.1. The van der Waals surface area contributed by atoms with Crippen molar-refractivity contribution in [2.45, 2.75) is 37.8 Å². The van der Waals surface area contributed by atoms with Crippen molar-refractivity contribution in [2.24, 2.45) is 0 Å². The summed E-state index contributed by atoms with van der Waals surface area (Å²) >= 11 is 0. The minimum absolute atomic E-state index is 0.0350. The summed E-state index contributed by atoms with van der Waals surface area (Å²) < 4.78 is 40.1. The Balaban J connectivity index is 1.67. The molecule has 0 aliphatic heterocycles. The first-order valence-electron chi connectivity index (χ1n) is 14.3. The number of hydrogen-bond donors (Lipinski definition) is 1. The van der Waals surface area contributed by atoms with Crippen LogP contribution in [0.2, 0.25) is 0 Å². The van der Waals surface area contributed by atoms with E-state index in [1.54, 1.807) is 80.8 Å². The first kappa shape index (κ1) is 32.1. The zero-order chi connectivity index (χ0) is 31.5. The lowest BCUT2D eigenvalue weighted by atomic mass is 10.1. The van der Waals surface area contributed by atoms with E-state index in [9.17, 15) is 18.0 Å². The van der Waals surface area contributed by atoms with Crippen LogP contribution in [-0.4, -0.2) is 51.4 Å². The van der Waals surface area contributed by atoms with E-state index >= 15 is 0 Å². The third-order valence-corrected chi connectivity index (χ3v) is 8.73. The average Bonchev–Trinajstić information content (AvgIpc) is 3.06. The van der Waals surface area contributed by atoms with Crippen molar-refractivity contribution in [1.82, 2.24) is 10.2 Å². The molecule has 10 heteroatoms. The Morgan fingerprint density at radius 1 is 0.795 bits per heavy atom. The molecule has 1 unspecified atom stereocenters. The smallest absolute Gasteiger partial charge is 0.264 e. The van der Waals surface area contributed by atoms with E-state index < -0.39 is 28.5 Å². The summed E-state index contributed by atoms with van der Waals surface area (Å²) in [5.74, 6) is 0.928. The Hall–Kier alpha value is -4.83. The largest absolute Gasteiger partial charge is 0.497 e. The number of sulfonamides is 1. The van der Waals surface area contributed by atoms with Gasteiger partial charge in [-0.25, -0.2) is 8.42 Å². The second-order valence-electron chi connectivity index (χ2n) is 10.1. The zero-order valence-corrected chi connectivity index (χ0v) is 25.9. The number of carbonyl (C=O) groups is 2. The van der Waals surface area contributed by atoms with Gasteiger partial charge in [-0.3, -0.25) is 13.9 Å². The van der Waals surface area contributed by atoms with E-state index in [0.29, 0.717) is 23.8 Å². The molecule has 1 atom stereocenters. The molecule has 44 heavy (non-hydrogen) atoms. The second-order valence-corrected chi connectivity index (χ2v) is 11.9. The molecule has 4 aromatic rings. The summed E-state index contributed by atoms with van der Waals surface area (Å²) in [7, 11) is -2.61. The molecule has 0 aliphatic carbocycles. The molecule has 0 radical (unpaired) electrons. The summed E-state index contributed by atoms with van der Waals surface area (Å²) in [6.07, 6.45) is 0.734. The van der Waals surface area contributed by atoms with Crippen LogP contribution in [0.1, 0.15) is 25.8 Å². The maximum Gasteiger partial charge on any atom is 0.264 e. The lowest BCUT2D eigenvalue weighted by molar-refractivity contribution is -0.139. The van der Waals surface area contributed by atoms with Gasteiger partial charge in [0.2, 0.25) is 11.8 Å². The molecule has 0 heterocycles. The monoisotopic (exact) mass is 615 g/mol. The number of methoxy groups -OCH3 is 1. The van der Waals surface area contributed by atoms with Gasteiger partial charge in [-0.1, -0.05) is 55.5 Å². The fraction of sp³-hybridized carbons (Fsp3) is 0.235. The topological polar surface area (TPSA) is 105 Å². The molecule has 0 aliphatic rings. The average molecular weight is 616 g/mol. The van der Waals surface area contributed by atoms with Crippen LogP contribution in [0.5, 0.6) is 17.2 Å². The van der Waals surface area contributed by atoms with Crippen LogP contribution in [0, 0.1) is 0 Å². The molecule has 0 saturated heterocycles. The van der Waals surface area contributed by atoms with E-state index in [2.05, 4.69) is 5.32 Å². The van der Waals surface area contributed by atoms with Crippen molar-refractivity contribution in [3.63, 3.8) is 0 Å². The predicted molar refractivity (Wildman–Crippen MR) is 170 cm³/mol. The molecular weight excluding hydrogens is 578 g/mol. The fourth-order valence-corrected chi connectivity index (χ4v) is 5.89. The number of ether oxygens (including phenoxy) is 2. The number of nitrogens with zero attached hydrogens (tertiary/aromatic N) is 2. The van der Waals surface area contributed by atoms with Gasteiger partial charge in [-0.15, -0.1) is 0 Å². The van der Waals surface area contributed by atoms with E-state index in [0.717, 1.165) is 16.3 Å². The molecule has 4 aromatic carbocycles. The Kier molecular flexibility index (Phi) is 11.0. The summed E-state index contributed by atoms with van der Waals surface area (Å²) in [6, 6.07) is 29.9. The standard InChI is InChI=1S/C34H37N3O6S/c1-4-23-35-34(39)26(2)36(24-27-15-19-29(42-3)20-16-27)33(38)25-37(44(40,41)32-13-9-6-10-14-32)28-17-21-31(22-18-28)43-30-11-7-5-8-12-30/h5-22,26H,4,23-25H2,1-3H3,(H,35,39). The third-order valence-electron chi connectivity index (χ3n) is 6.94. The highest BCUT2D eigenvalue weighted by Gasteiger charge is 2.32.